The van der Waals surface area contributed by atoms with Gasteiger partial charge in [-0.25, -0.2) is 0 Å². The quantitative estimate of drug-likeness (QED) is 0.768. The van der Waals surface area contributed by atoms with Crippen molar-refractivity contribution in [1.29, 1.82) is 0 Å². The minimum absolute atomic E-state index is 0.318. The molecule has 2 N–H and O–H groups in total. The van der Waals surface area contributed by atoms with Crippen molar-refractivity contribution in [2.24, 2.45) is 17.6 Å². The summed E-state index contributed by atoms with van der Waals surface area (Å²) in [4.78, 5) is 0. The predicted molar refractivity (Wildman–Crippen MR) is 67.3 cm³/mol. The smallest absolute Gasteiger partial charge is 0.0111 e. The van der Waals surface area contributed by atoms with Crippen LogP contribution in [-0.4, -0.2) is 6.04 Å². The molecule has 1 aromatic carbocycles. The first kappa shape index (κ1) is 10.1. The van der Waals surface area contributed by atoms with Crippen LogP contribution in [0.1, 0.15) is 29.9 Å². The van der Waals surface area contributed by atoms with E-state index in [1.54, 1.807) is 11.1 Å². The van der Waals surface area contributed by atoms with E-state index in [2.05, 4.69) is 30.8 Å². The van der Waals surface area contributed by atoms with Gasteiger partial charge >= 0.3 is 0 Å². The van der Waals surface area contributed by atoms with Gasteiger partial charge in [-0.3, -0.25) is 0 Å². The van der Waals surface area contributed by atoms with Crippen molar-refractivity contribution in [2.45, 2.75) is 31.2 Å². The Morgan fingerprint density at radius 1 is 1.44 bits per heavy atom. The Bertz CT molecular complexity index is 410. The van der Waals surface area contributed by atoms with E-state index >= 15 is 0 Å². The number of hydrogen-bond acceptors (Lipinski definition) is 1. The van der Waals surface area contributed by atoms with Crippen LogP contribution in [0.2, 0.25) is 0 Å². The van der Waals surface area contributed by atoms with Crippen LogP contribution in [0, 0.1) is 11.8 Å². The predicted octanol–water partition coefficient (Wildman–Crippen LogP) is 2.87. The van der Waals surface area contributed by atoms with Crippen LogP contribution in [-0.2, 0) is 6.42 Å². The van der Waals surface area contributed by atoms with Gasteiger partial charge in [0.2, 0.25) is 0 Å². The first-order valence-electron chi connectivity index (χ1n) is 6.27. The fourth-order valence-electron chi connectivity index (χ4n) is 3.55. The van der Waals surface area contributed by atoms with E-state index in [9.17, 15) is 0 Å². The third-order valence-electron chi connectivity index (χ3n) is 4.32. The van der Waals surface area contributed by atoms with Crippen molar-refractivity contribution < 1.29 is 0 Å². The molecule has 16 heavy (non-hydrogen) atoms. The molecule has 0 radical (unpaired) electrons. The number of nitrogens with two attached hydrogens (primary N) is 1. The van der Waals surface area contributed by atoms with Crippen LogP contribution in [0.4, 0.5) is 0 Å². The molecule has 84 valence electrons. The maximum Gasteiger partial charge on any atom is 0.0111 e. The normalized spacial score (nSPS) is 32.4. The van der Waals surface area contributed by atoms with Crippen molar-refractivity contribution in [1.82, 2.24) is 0 Å². The molecule has 4 atom stereocenters. The summed E-state index contributed by atoms with van der Waals surface area (Å²) in [7, 11) is 0. The van der Waals surface area contributed by atoms with Crippen LogP contribution in [0.3, 0.4) is 0 Å². The Morgan fingerprint density at radius 3 is 3.06 bits per heavy atom. The number of fused-ring (bicyclic) bond motifs is 3. The minimum atomic E-state index is 0.318. The van der Waals surface area contributed by atoms with Crippen molar-refractivity contribution in [3.8, 4) is 0 Å². The van der Waals surface area contributed by atoms with Crippen molar-refractivity contribution in [3.05, 3.63) is 48.0 Å². The second-order valence-corrected chi connectivity index (χ2v) is 5.19. The third-order valence-corrected chi connectivity index (χ3v) is 4.32. The molecule has 0 heterocycles. The van der Waals surface area contributed by atoms with E-state index in [-0.39, 0.29) is 0 Å². The molecule has 1 fully saturated rings. The molecule has 1 saturated carbocycles. The van der Waals surface area contributed by atoms with Gasteiger partial charge in [0.25, 0.3) is 0 Å². The molecule has 2 aliphatic carbocycles. The Balaban J connectivity index is 1.84. The summed E-state index contributed by atoms with van der Waals surface area (Å²) in [6.45, 7) is 3.79. The van der Waals surface area contributed by atoms with Crippen molar-refractivity contribution >= 4 is 0 Å². The van der Waals surface area contributed by atoms with E-state index in [1.807, 2.05) is 6.08 Å². The largest absolute Gasteiger partial charge is 0.327 e. The molecule has 4 unspecified atom stereocenters. The van der Waals surface area contributed by atoms with Crippen LogP contribution >= 0.6 is 0 Å². The van der Waals surface area contributed by atoms with Gasteiger partial charge in [0, 0.05) is 6.04 Å². The highest BCUT2D eigenvalue weighted by Gasteiger charge is 2.54. The SMILES string of the molecule is C=CCC(N)C1C2CCc3ccccc3C21. The zero-order valence-corrected chi connectivity index (χ0v) is 9.60. The van der Waals surface area contributed by atoms with Crippen LogP contribution in [0.25, 0.3) is 0 Å². The molecule has 3 rings (SSSR count). The van der Waals surface area contributed by atoms with Crippen molar-refractivity contribution in [2.75, 3.05) is 0 Å². The lowest BCUT2D eigenvalue weighted by molar-refractivity contribution is 0.539. The van der Waals surface area contributed by atoms with Gasteiger partial charge in [0.15, 0.2) is 0 Å². The Kier molecular flexibility index (Phi) is 2.36. The second-order valence-electron chi connectivity index (χ2n) is 5.19. The van der Waals surface area contributed by atoms with E-state index < -0.39 is 0 Å². The van der Waals surface area contributed by atoms with Gasteiger partial charge in [0.1, 0.15) is 0 Å². The van der Waals surface area contributed by atoms with Gasteiger partial charge in [-0.1, -0.05) is 30.3 Å². The molecular formula is C15H19N. The van der Waals surface area contributed by atoms with E-state index in [0.717, 1.165) is 18.3 Å². The molecule has 0 saturated heterocycles. The summed E-state index contributed by atoms with van der Waals surface area (Å²) in [5.74, 6) is 2.31. The second kappa shape index (κ2) is 3.74. The molecule has 2 aliphatic rings. The summed E-state index contributed by atoms with van der Waals surface area (Å²) in [5, 5.41) is 0. The third kappa shape index (κ3) is 1.42. The summed E-state index contributed by atoms with van der Waals surface area (Å²) in [6, 6.07) is 9.21. The molecule has 0 amide bonds. The monoisotopic (exact) mass is 213 g/mol. The molecule has 1 heteroatoms. The molecule has 0 aliphatic heterocycles. The summed E-state index contributed by atoms with van der Waals surface area (Å²) < 4.78 is 0. The van der Waals surface area contributed by atoms with Crippen LogP contribution in [0.5, 0.6) is 0 Å². The first-order chi connectivity index (χ1) is 7.83. The molecule has 1 nitrogen and oxygen atoms in total. The molecular weight excluding hydrogens is 194 g/mol. The number of benzene rings is 1. The molecule has 1 aromatic rings. The topological polar surface area (TPSA) is 26.0 Å². The summed E-state index contributed by atoms with van der Waals surface area (Å²) in [6.07, 6.45) is 5.49. The average molecular weight is 213 g/mol. The molecule has 0 spiro atoms. The molecule has 0 aromatic heterocycles. The Labute approximate surface area is 97.4 Å². The maximum atomic E-state index is 6.24. The lowest BCUT2D eigenvalue weighted by Gasteiger charge is -2.13. The summed E-state index contributed by atoms with van der Waals surface area (Å²) in [5.41, 5.74) is 9.36. The zero-order valence-electron chi connectivity index (χ0n) is 9.60. The van der Waals surface area contributed by atoms with Gasteiger partial charge in [-0.15, -0.1) is 6.58 Å². The Morgan fingerprint density at radius 2 is 2.25 bits per heavy atom. The summed E-state index contributed by atoms with van der Waals surface area (Å²) >= 11 is 0. The lowest BCUT2D eigenvalue weighted by Crippen LogP contribution is -2.22. The van der Waals surface area contributed by atoms with Gasteiger partial charge in [0.05, 0.1) is 0 Å². The first-order valence-corrected chi connectivity index (χ1v) is 6.27. The van der Waals surface area contributed by atoms with Gasteiger partial charge in [-0.2, -0.15) is 0 Å². The van der Waals surface area contributed by atoms with Gasteiger partial charge in [-0.05, 0) is 48.1 Å². The highest BCUT2D eigenvalue weighted by Crippen LogP contribution is 2.61. The maximum absolute atomic E-state index is 6.24. The van der Waals surface area contributed by atoms with Gasteiger partial charge < -0.3 is 5.73 Å². The van der Waals surface area contributed by atoms with Crippen LogP contribution < -0.4 is 5.73 Å². The van der Waals surface area contributed by atoms with E-state index in [0.29, 0.717) is 12.0 Å². The lowest BCUT2D eigenvalue weighted by atomic mass is 9.92. The fraction of sp³-hybridized carbons (Fsp3) is 0.467. The average Bonchev–Trinajstić information content (AvgIpc) is 3.04. The highest BCUT2D eigenvalue weighted by molar-refractivity contribution is 5.40. The Hall–Kier alpha value is -1.08. The van der Waals surface area contributed by atoms with Crippen molar-refractivity contribution in [3.63, 3.8) is 0 Å². The van der Waals surface area contributed by atoms with E-state index in [4.69, 9.17) is 5.73 Å². The van der Waals surface area contributed by atoms with Crippen LogP contribution in [0.15, 0.2) is 36.9 Å². The fourth-order valence-corrected chi connectivity index (χ4v) is 3.55. The molecule has 0 bridgehead atoms. The van der Waals surface area contributed by atoms with E-state index in [1.165, 1.54) is 12.8 Å². The highest BCUT2D eigenvalue weighted by atomic mass is 14.7. The zero-order chi connectivity index (χ0) is 11.1. The minimum Gasteiger partial charge on any atom is -0.327 e. The number of rotatable bonds is 3. The number of aryl methyl sites for hydroxylation is 1. The standard InChI is InChI=1S/C15H19N/c1-2-5-13(16)15-12-9-8-10-6-3-4-7-11(10)14(12)15/h2-4,6-7,12-15H,1,5,8-9,16H2. The number of hydrogen-bond donors (Lipinski definition) is 1.